The summed E-state index contributed by atoms with van der Waals surface area (Å²) in [5.41, 5.74) is 2.43. The van der Waals surface area contributed by atoms with Gasteiger partial charge in [-0.2, -0.15) is 0 Å². The third-order valence-electron chi connectivity index (χ3n) is 5.62. The predicted molar refractivity (Wildman–Crippen MR) is 122 cm³/mol. The molecule has 1 saturated heterocycles. The van der Waals surface area contributed by atoms with E-state index in [4.69, 9.17) is 11.6 Å². The van der Waals surface area contributed by atoms with Gasteiger partial charge in [-0.1, -0.05) is 42.8 Å². The topological polar surface area (TPSA) is 69.7 Å². The number of nitrogens with one attached hydrogen (secondary N) is 1. The highest BCUT2D eigenvalue weighted by Crippen LogP contribution is 2.38. The largest absolute Gasteiger partial charge is 0.366 e. The van der Waals surface area contributed by atoms with Gasteiger partial charge >= 0.3 is 0 Å². The van der Waals surface area contributed by atoms with Crippen LogP contribution in [0.5, 0.6) is 0 Å². The predicted octanol–water partition coefficient (Wildman–Crippen LogP) is 4.31. The molecule has 0 spiro atoms. The summed E-state index contributed by atoms with van der Waals surface area (Å²) < 4.78 is 0. The Morgan fingerprint density at radius 1 is 1.06 bits per heavy atom. The molecule has 0 saturated carbocycles. The van der Waals surface area contributed by atoms with Crippen molar-refractivity contribution in [3.63, 3.8) is 0 Å². The number of amides is 3. The monoisotopic (exact) mass is 437 g/mol. The second kappa shape index (κ2) is 8.55. The number of carbonyl (C=O) groups is 3. The molecule has 2 aromatic rings. The van der Waals surface area contributed by atoms with Gasteiger partial charge < -0.3 is 10.2 Å². The Bertz CT molecular complexity index is 1080. The van der Waals surface area contributed by atoms with Crippen LogP contribution in [0.4, 0.5) is 11.4 Å². The minimum absolute atomic E-state index is 0.174. The average Bonchev–Trinajstić information content (AvgIpc) is 2.99. The van der Waals surface area contributed by atoms with Gasteiger partial charge in [0.05, 0.1) is 16.3 Å². The fourth-order valence-electron chi connectivity index (χ4n) is 4.24. The van der Waals surface area contributed by atoms with Gasteiger partial charge in [0.2, 0.25) is 5.91 Å². The van der Waals surface area contributed by atoms with Gasteiger partial charge in [-0.3, -0.25) is 14.4 Å². The van der Waals surface area contributed by atoms with Gasteiger partial charge in [0.15, 0.2) is 0 Å². The first-order valence-electron chi connectivity index (χ1n) is 10.4. The fourth-order valence-corrected chi connectivity index (χ4v) is 4.46. The third-order valence-corrected chi connectivity index (χ3v) is 5.94. The lowest BCUT2D eigenvalue weighted by atomic mass is 9.97. The van der Waals surface area contributed by atoms with Crippen LogP contribution in [-0.2, 0) is 14.4 Å². The Hall–Kier alpha value is -3.12. The Morgan fingerprint density at radius 2 is 1.77 bits per heavy atom. The Morgan fingerprint density at radius 3 is 2.42 bits per heavy atom. The van der Waals surface area contributed by atoms with E-state index in [1.807, 2.05) is 4.90 Å². The smallest absolute Gasteiger partial charge is 0.282 e. The number of anilines is 2. The van der Waals surface area contributed by atoms with Gasteiger partial charge in [-0.25, -0.2) is 4.90 Å². The molecule has 1 N–H and O–H groups in total. The minimum Gasteiger partial charge on any atom is -0.366 e. The quantitative estimate of drug-likeness (QED) is 0.723. The van der Waals surface area contributed by atoms with Crippen LogP contribution in [0.1, 0.15) is 32.3 Å². The zero-order valence-corrected chi connectivity index (χ0v) is 18.3. The van der Waals surface area contributed by atoms with E-state index in [-0.39, 0.29) is 11.8 Å². The Balaban J connectivity index is 1.80. The second-order valence-electron chi connectivity index (χ2n) is 8.07. The standard InChI is InChI=1S/C24H24ClN3O3/c1-15-6-5-13-27(14-15)22-21(17-9-11-18(12-10-17)26-16(2)29)23(30)28(24(22)31)20-8-4-3-7-19(20)25/h3-4,7-12,15H,5-6,13-14H2,1-2H3,(H,26,29). The number of imide groups is 1. The molecule has 0 radical (unpaired) electrons. The summed E-state index contributed by atoms with van der Waals surface area (Å²) in [4.78, 5) is 41.6. The molecule has 0 aromatic heterocycles. The molecular weight excluding hydrogens is 414 g/mol. The van der Waals surface area contributed by atoms with Crippen LogP contribution >= 0.6 is 11.6 Å². The Kier molecular flexibility index (Phi) is 5.83. The molecule has 1 unspecified atom stereocenters. The molecule has 2 aliphatic rings. The first-order valence-corrected chi connectivity index (χ1v) is 10.7. The number of carbonyl (C=O) groups excluding carboxylic acids is 3. The fraction of sp³-hybridized carbons (Fsp3) is 0.292. The summed E-state index contributed by atoms with van der Waals surface area (Å²) >= 11 is 6.34. The van der Waals surface area contributed by atoms with Crippen LogP contribution in [0.25, 0.3) is 5.57 Å². The van der Waals surface area contributed by atoms with E-state index >= 15 is 0 Å². The van der Waals surface area contributed by atoms with Crippen molar-refractivity contribution in [2.45, 2.75) is 26.7 Å². The Labute approximate surface area is 186 Å². The van der Waals surface area contributed by atoms with E-state index in [0.717, 1.165) is 25.9 Å². The van der Waals surface area contributed by atoms with Gasteiger partial charge in [0.1, 0.15) is 5.70 Å². The molecule has 31 heavy (non-hydrogen) atoms. The summed E-state index contributed by atoms with van der Waals surface area (Å²) in [6.07, 6.45) is 2.06. The van der Waals surface area contributed by atoms with E-state index in [1.54, 1.807) is 48.5 Å². The molecule has 1 fully saturated rings. The molecule has 7 heteroatoms. The van der Waals surface area contributed by atoms with Crippen LogP contribution in [0.15, 0.2) is 54.2 Å². The van der Waals surface area contributed by atoms with Crippen LogP contribution in [0.3, 0.4) is 0 Å². The van der Waals surface area contributed by atoms with Gasteiger partial charge in [0.25, 0.3) is 11.8 Å². The van der Waals surface area contributed by atoms with E-state index in [1.165, 1.54) is 11.8 Å². The molecule has 4 rings (SSSR count). The van der Waals surface area contributed by atoms with Gasteiger partial charge in [0, 0.05) is 25.7 Å². The second-order valence-corrected chi connectivity index (χ2v) is 8.48. The summed E-state index contributed by atoms with van der Waals surface area (Å²) in [6.45, 7) is 5.04. The van der Waals surface area contributed by atoms with Crippen molar-refractivity contribution in [3.8, 4) is 0 Å². The highest BCUT2D eigenvalue weighted by atomic mass is 35.5. The molecule has 6 nitrogen and oxygen atoms in total. The van der Waals surface area contributed by atoms with Gasteiger partial charge in [-0.15, -0.1) is 0 Å². The van der Waals surface area contributed by atoms with Crippen molar-refractivity contribution in [3.05, 3.63) is 64.8 Å². The number of nitrogens with zero attached hydrogens (tertiary/aromatic N) is 2. The maximum atomic E-state index is 13.6. The number of likely N-dealkylation sites (tertiary alicyclic amines) is 1. The molecule has 3 amide bonds. The first kappa shape index (κ1) is 21.1. The van der Waals surface area contributed by atoms with Crippen LogP contribution in [0.2, 0.25) is 5.02 Å². The average molecular weight is 438 g/mol. The summed E-state index contributed by atoms with van der Waals surface area (Å²) in [7, 11) is 0. The first-order chi connectivity index (χ1) is 14.9. The maximum absolute atomic E-state index is 13.6. The third kappa shape index (κ3) is 4.08. The van der Waals surface area contributed by atoms with Crippen molar-refractivity contribution in [1.29, 1.82) is 0 Å². The van der Waals surface area contributed by atoms with Crippen molar-refractivity contribution in [1.82, 2.24) is 4.90 Å². The maximum Gasteiger partial charge on any atom is 0.282 e. The van der Waals surface area contributed by atoms with Crippen molar-refractivity contribution in [2.75, 3.05) is 23.3 Å². The zero-order chi connectivity index (χ0) is 22.1. The molecule has 0 aliphatic carbocycles. The number of halogens is 1. The molecule has 0 bridgehead atoms. The molecule has 1 atom stereocenters. The molecule has 2 aliphatic heterocycles. The number of hydrogen-bond donors (Lipinski definition) is 1. The van der Waals surface area contributed by atoms with Crippen LogP contribution in [0, 0.1) is 5.92 Å². The van der Waals surface area contributed by atoms with E-state index in [2.05, 4.69) is 12.2 Å². The van der Waals surface area contributed by atoms with Crippen molar-refractivity contribution in [2.24, 2.45) is 5.92 Å². The molecule has 2 heterocycles. The molecule has 160 valence electrons. The number of piperidine rings is 1. The number of rotatable bonds is 4. The van der Waals surface area contributed by atoms with Gasteiger partial charge in [-0.05, 0) is 48.6 Å². The SMILES string of the molecule is CC(=O)Nc1ccc(C2=C(N3CCCC(C)C3)C(=O)N(c3ccccc3Cl)C2=O)cc1. The lowest BCUT2D eigenvalue weighted by Gasteiger charge is -2.33. The molecular formula is C24H24ClN3O3. The normalized spacial score (nSPS) is 19.3. The number of benzene rings is 2. The number of hydrogen-bond acceptors (Lipinski definition) is 4. The summed E-state index contributed by atoms with van der Waals surface area (Å²) in [6, 6.07) is 13.8. The zero-order valence-electron chi connectivity index (χ0n) is 17.5. The molecule has 2 aromatic carbocycles. The van der Waals surface area contributed by atoms with Crippen LogP contribution < -0.4 is 10.2 Å². The van der Waals surface area contributed by atoms with Crippen molar-refractivity contribution >= 4 is 46.3 Å². The van der Waals surface area contributed by atoms with Crippen molar-refractivity contribution < 1.29 is 14.4 Å². The highest BCUT2D eigenvalue weighted by Gasteiger charge is 2.43. The lowest BCUT2D eigenvalue weighted by Crippen LogP contribution is -2.39. The van der Waals surface area contributed by atoms with E-state index in [0.29, 0.717) is 39.1 Å². The van der Waals surface area contributed by atoms with E-state index in [9.17, 15) is 14.4 Å². The lowest BCUT2D eigenvalue weighted by molar-refractivity contribution is -0.121. The minimum atomic E-state index is -0.390. The highest BCUT2D eigenvalue weighted by molar-refractivity contribution is 6.47. The summed E-state index contributed by atoms with van der Waals surface area (Å²) in [5.74, 6) is -0.486. The number of para-hydroxylation sites is 1. The van der Waals surface area contributed by atoms with Crippen LogP contribution in [-0.4, -0.2) is 35.7 Å². The van der Waals surface area contributed by atoms with E-state index < -0.39 is 5.91 Å². The summed E-state index contributed by atoms with van der Waals surface area (Å²) in [5, 5.41) is 3.07.